The number of benzene rings is 2. The van der Waals surface area contributed by atoms with Crippen LogP contribution in [0, 0.1) is 0 Å². The lowest BCUT2D eigenvalue weighted by Crippen LogP contribution is -2.54. The molecule has 0 radical (unpaired) electrons. The maximum absolute atomic E-state index is 12.6. The van der Waals surface area contributed by atoms with Crippen LogP contribution in [0.25, 0.3) is 0 Å². The summed E-state index contributed by atoms with van der Waals surface area (Å²) in [6, 6.07) is 19.2. The molecule has 1 aromatic heterocycles. The maximum atomic E-state index is 12.6. The van der Waals surface area contributed by atoms with E-state index in [0.29, 0.717) is 24.6 Å². The zero-order valence-electron chi connectivity index (χ0n) is 17.9. The molecule has 3 aromatic rings. The Balaban J connectivity index is 1.24. The molecule has 1 fully saturated rings. The molecule has 1 saturated heterocycles. The Morgan fingerprint density at radius 2 is 1.62 bits per heavy atom. The maximum Gasteiger partial charge on any atom is 0.318 e. The van der Waals surface area contributed by atoms with Crippen molar-refractivity contribution < 1.29 is 9.59 Å². The first-order chi connectivity index (χ1) is 15.6. The third-order valence-corrected chi connectivity index (χ3v) is 6.16. The van der Waals surface area contributed by atoms with E-state index < -0.39 is 6.04 Å². The normalized spacial score (nSPS) is 14.7. The Kier molecular flexibility index (Phi) is 6.96. The number of nitrogens with zero attached hydrogens (tertiary/aromatic N) is 4. The van der Waals surface area contributed by atoms with E-state index in [4.69, 9.17) is 0 Å². The molecule has 1 atom stereocenters. The number of amides is 3. The standard InChI is InChI=1S/C23H26N6O2S/c1-17(21(30)25-22-27-26-20(32-22)16-18-8-4-2-5-9-18)24-23(31)29-14-12-28(13-15-29)19-10-6-3-7-11-19/h2-11,17H,12-16H2,1H3,(H,24,31)(H,25,27,30)/t17-/m0/s1. The number of hydrogen-bond acceptors (Lipinski definition) is 6. The molecule has 9 heteroatoms. The first kappa shape index (κ1) is 21.8. The summed E-state index contributed by atoms with van der Waals surface area (Å²) in [5.41, 5.74) is 2.29. The second-order valence-electron chi connectivity index (χ2n) is 7.63. The van der Waals surface area contributed by atoms with E-state index in [1.165, 1.54) is 11.3 Å². The molecule has 1 aliphatic rings. The molecule has 8 nitrogen and oxygen atoms in total. The molecule has 32 heavy (non-hydrogen) atoms. The lowest BCUT2D eigenvalue weighted by Gasteiger charge is -2.36. The minimum Gasteiger partial charge on any atom is -0.368 e. The number of hydrogen-bond donors (Lipinski definition) is 2. The lowest BCUT2D eigenvalue weighted by atomic mass is 10.2. The smallest absolute Gasteiger partial charge is 0.318 e. The van der Waals surface area contributed by atoms with Crippen molar-refractivity contribution in [3.8, 4) is 0 Å². The molecule has 0 spiro atoms. The van der Waals surface area contributed by atoms with E-state index in [1.807, 2.05) is 48.5 Å². The van der Waals surface area contributed by atoms with Crippen LogP contribution in [-0.2, 0) is 11.2 Å². The molecule has 0 bridgehead atoms. The summed E-state index contributed by atoms with van der Waals surface area (Å²) in [7, 11) is 0. The molecule has 1 aliphatic heterocycles. The van der Waals surface area contributed by atoms with Crippen LogP contribution in [0.2, 0.25) is 0 Å². The Morgan fingerprint density at radius 1 is 0.969 bits per heavy atom. The molecule has 0 saturated carbocycles. The number of anilines is 2. The van der Waals surface area contributed by atoms with E-state index in [9.17, 15) is 9.59 Å². The fourth-order valence-electron chi connectivity index (χ4n) is 3.51. The van der Waals surface area contributed by atoms with Gasteiger partial charge in [-0.1, -0.05) is 59.9 Å². The summed E-state index contributed by atoms with van der Waals surface area (Å²) in [5.74, 6) is -0.316. The zero-order chi connectivity index (χ0) is 22.3. The van der Waals surface area contributed by atoms with Gasteiger partial charge in [-0.05, 0) is 24.6 Å². The van der Waals surface area contributed by atoms with Gasteiger partial charge in [0, 0.05) is 38.3 Å². The van der Waals surface area contributed by atoms with Crippen molar-refractivity contribution in [2.24, 2.45) is 0 Å². The zero-order valence-corrected chi connectivity index (χ0v) is 18.7. The number of carbonyl (C=O) groups excluding carboxylic acids is 2. The molecule has 2 heterocycles. The van der Waals surface area contributed by atoms with E-state index in [2.05, 4.69) is 37.9 Å². The predicted octanol–water partition coefficient (Wildman–Crippen LogP) is 2.99. The van der Waals surface area contributed by atoms with Gasteiger partial charge in [-0.2, -0.15) is 0 Å². The molecular weight excluding hydrogens is 424 g/mol. The van der Waals surface area contributed by atoms with Gasteiger partial charge in [0.1, 0.15) is 11.0 Å². The van der Waals surface area contributed by atoms with Crippen LogP contribution in [0.3, 0.4) is 0 Å². The fourth-order valence-corrected chi connectivity index (χ4v) is 4.29. The van der Waals surface area contributed by atoms with Gasteiger partial charge in [0.05, 0.1) is 0 Å². The summed E-state index contributed by atoms with van der Waals surface area (Å²) >= 11 is 1.34. The van der Waals surface area contributed by atoms with Crippen LogP contribution in [0.5, 0.6) is 0 Å². The lowest BCUT2D eigenvalue weighted by molar-refractivity contribution is -0.117. The van der Waals surface area contributed by atoms with Gasteiger partial charge in [-0.25, -0.2) is 4.79 Å². The molecule has 166 valence electrons. The highest BCUT2D eigenvalue weighted by Crippen LogP contribution is 2.19. The Hall–Kier alpha value is -3.46. The largest absolute Gasteiger partial charge is 0.368 e. The Labute approximate surface area is 191 Å². The van der Waals surface area contributed by atoms with Crippen molar-refractivity contribution in [3.05, 3.63) is 71.2 Å². The quantitative estimate of drug-likeness (QED) is 0.603. The highest BCUT2D eigenvalue weighted by molar-refractivity contribution is 7.15. The van der Waals surface area contributed by atoms with Crippen LogP contribution in [0.15, 0.2) is 60.7 Å². The van der Waals surface area contributed by atoms with Gasteiger partial charge in [-0.3, -0.25) is 10.1 Å². The number of piperazine rings is 1. The van der Waals surface area contributed by atoms with Crippen molar-refractivity contribution in [1.82, 2.24) is 20.4 Å². The number of aromatic nitrogens is 2. The summed E-state index contributed by atoms with van der Waals surface area (Å²) in [4.78, 5) is 29.1. The minimum atomic E-state index is -0.684. The summed E-state index contributed by atoms with van der Waals surface area (Å²) in [6.07, 6.45) is 0.662. The van der Waals surface area contributed by atoms with Gasteiger partial charge in [0.2, 0.25) is 11.0 Å². The van der Waals surface area contributed by atoms with Crippen LogP contribution in [0.4, 0.5) is 15.6 Å². The van der Waals surface area contributed by atoms with Gasteiger partial charge in [-0.15, -0.1) is 10.2 Å². The number of urea groups is 1. The summed E-state index contributed by atoms with van der Waals surface area (Å²) < 4.78 is 0. The summed E-state index contributed by atoms with van der Waals surface area (Å²) in [6.45, 7) is 4.39. The van der Waals surface area contributed by atoms with Gasteiger partial charge in [0.15, 0.2) is 0 Å². The number of carbonyl (C=O) groups is 2. The monoisotopic (exact) mass is 450 g/mol. The Morgan fingerprint density at radius 3 is 2.31 bits per heavy atom. The SMILES string of the molecule is C[C@H](NC(=O)N1CCN(c2ccccc2)CC1)C(=O)Nc1nnc(Cc2ccccc2)s1. The van der Waals surface area contributed by atoms with Gasteiger partial charge >= 0.3 is 6.03 Å². The van der Waals surface area contributed by atoms with Crippen LogP contribution < -0.4 is 15.5 Å². The Bertz CT molecular complexity index is 1030. The van der Waals surface area contributed by atoms with E-state index in [-0.39, 0.29) is 11.9 Å². The third-order valence-electron chi connectivity index (χ3n) is 5.32. The van der Waals surface area contributed by atoms with Crippen molar-refractivity contribution in [1.29, 1.82) is 0 Å². The topological polar surface area (TPSA) is 90.5 Å². The summed E-state index contributed by atoms with van der Waals surface area (Å²) in [5, 5.41) is 15.0. The molecule has 0 unspecified atom stereocenters. The van der Waals surface area contributed by atoms with E-state index in [0.717, 1.165) is 29.3 Å². The number of para-hydroxylation sites is 1. The predicted molar refractivity (Wildman–Crippen MR) is 126 cm³/mol. The molecule has 0 aliphatic carbocycles. The molecule has 2 N–H and O–H groups in total. The van der Waals surface area contributed by atoms with Gasteiger partial charge in [0.25, 0.3) is 0 Å². The van der Waals surface area contributed by atoms with Crippen molar-refractivity contribution in [3.63, 3.8) is 0 Å². The van der Waals surface area contributed by atoms with Crippen molar-refractivity contribution >= 4 is 34.1 Å². The number of rotatable bonds is 6. The number of nitrogens with one attached hydrogen (secondary N) is 2. The minimum absolute atomic E-state index is 0.234. The molecular formula is C23H26N6O2S. The first-order valence-electron chi connectivity index (χ1n) is 10.6. The third kappa shape index (κ3) is 5.61. The average Bonchev–Trinajstić information content (AvgIpc) is 3.26. The second kappa shape index (κ2) is 10.2. The average molecular weight is 451 g/mol. The van der Waals surface area contributed by atoms with Crippen LogP contribution >= 0.6 is 11.3 Å². The van der Waals surface area contributed by atoms with E-state index in [1.54, 1.807) is 11.8 Å². The van der Waals surface area contributed by atoms with Crippen molar-refractivity contribution in [2.45, 2.75) is 19.4 Å². The molecule has 4 rings (SSSR count). The second-order valence-corrected chi connectivity index (χ2v) is 8.70. The molecule has 3 amide bonds. The van der Waals surface area contributed by atoms with Gasteiger partial charge < -0.3 is 15.1 Å². The van der Waals surface area contributed by atoms with Crippen LogP contribution in [-0.4, -0.2) is 59.3 Å². The fraction of sp³-hybridized carbons (Fsp3) is 0.304. The van der Waals surface area contributed by atoms with E-state index >= 15 is 0 Å². The van der Waals surface area contributed by atoms with Crippen LogP contribution in [0.1, 0.15) is 17.5 Å². The highest BCUT2D eigenvalue weighted by Gasteiger charge is 2.24. The van der Waals surface area contributed by atoms with Crippen molar-refractivity contribution in [2.75, 3.05) is 36.4 Å². The first-order valence-corrected chi connectivity index (χ1v) is 11.4. The highest BCUT2D eigenvalue weighted by atomic mass is 32.1. The molecule has 2 aromatic carbocycles.